The van der Waals surface area contributed by atoms with Crippen molar-refractivity contribution in [3.8, 4) is 22.9 Å². The van der Waals surface area contributed by atoms with Crippen LogP contribution in [0, 0.1) is 5.92 Å². The second-order valence-corrected chi connectivity index (χ2v) is 10.6. The molecule has 5 heterocycles. The van der Waals surface area contributed by atoms with Gasteiger partial charge in [0.15, 0.2) is 17.3 Å². The summed E-state index contributed by atoms with van der Waals surface area (Å²) < 4.78 is 3.85. The van der Waals surface area contributed by atoms with Gasteiger partial charge < -0.3 is 10.6 Å². The molecule has 4 aromatic heterocycles. The van der Waals surface area contributed by atoms with Crippen LogP contribution >= 0.6 is 0 Å². The minimum Gasteiger partial charge on any atom is -0.383 e. The topological polar surface area (TPSA) is 108 Å². The highest BCUT2D eigenvalue weighted by molar-refractivity contribution is 5.83. The molecule has 9 nitrogen and oxygen atoms in total. The van der Waals surface area contributed by atoms with Crippen molar-refractivity contribution >= 4 is 23.4 Å². The van der Waals surface area contributed by atoms with Crippen LogP contribution in [-0.2, 0) is 11.2 Å². The number of hydrogen-bond acceptors (Lipinski definition) is 6. The van der Waals surface area contributed by atoms with Crippen molar-refractivity contribution < 1.29 is 4.79 Å². The lowest BCUT2D eigenvalue weighted by Gasteiger charge is -2.30. The van der Waals surface area contributed by atoms with Gasteiger partial charge >= 0.3 is 0 Å². The summed E-state index contributed by atoms with van der Waals surface area (Å²) in [6, 6.07) is 16.4. The Bertz CT molecular complexity index is 1650. The van der Waals surface area contributed by atoms with Gasteiger partial charge in [-0.1, -0.05) is 6.07 Å². The molecule has 1 aliphatic carbocycles. The number of nitrogens with zero attached hydrogens (tertiary/aromatic N) is 7. The fraction of sp³-hybridized carbons (Fsp3) is 0.300. The number of benzene rings is 1. The van der Waals surface area contributed by atoms with E-state index in [0.29, 0.717) is 17.7 Å². The summed E-state index contributed by atoms with van der Waals surface area (Å²) >= 11 is 0. The van der Waals surface area contributed by atoms with Crippen LogP contribution in [0.2, 0.25) is 0 Å². The predicted molar refractivity (Wildman–Crippen MR) is 150 cm³/mol. The monoisotopic (exact) mass is 518 g/mol. The number of aromatic nitrogens is 6. The van der Waals surface area contributed by atoms with Crippen LogP contribution < -0.4 is 5.73 Å². The lowest BCUT2D eigenvalue weighted by Crippen LogP contribution is -2.32. The molecular formula is C30H30N8O. The van der Waals surface area contributed by atoms with E-state index >= 15 is 0 Å². The molecule has 1 unspecified atom stereocenters. The largest absolute Gasteiger partial charge is 0.383 e. The zero-order valence-electron chi connectivity index (χ0n) is 21.6. The predicted octanol–water partition coefficient (Wildman–Crippen LogP) is 4.54. The number of carbonyl (C=O) groups excluding carboxylic acids is 1. The minimum absolute atomic E-state index is 0.434. The number of amides is 1. The van der Waals surface area contributed by atoms with Gasteiger partial charge in [0.05, 0.1) is 5.56 Å². The third-order valence-corrected chi connectivity index (χ3v) is 8.31. The van der Waals surface area contributed by atoms with E-state index in [1.165, 1.54) is 24.0 Å². The zero-order valence-corrected chi connectivity index (χ0v) is 21.6. The Morgan fingerprint density at radius 2 is 1.90 bits per heavy atom. The van der Waals surface area contributed by atoms with Crippen molar-refractivity contribution in [3.05, 3.63) is 78.2 Å². The molecule has 0 bridgehead atoms. The molecule has 1 aromatic carbocycles. The molecule has 0 radical (unpaired) electrons. The van der Waals surface area contributed by atoms with Crippen LogP contribution in [0.4, 0.5) is 5.82 Å². The van der Waals surface area contributed by atoms with E-state index in [9.17, 15) is 4.79 Å². The van der Waals surface area contributed by atoms with Crippen LogP contribution in [0.1, 0.15) is 42.7 Å². The van der Waals surface area contributed by atoms with E-state index in [2.05, 4.69) is 32.8 Å². The fourth-order valence-electron chi connectivity index (χ4n) is 6.28. The Balaban J connectivity index is 1.28. The van der Waals surface area contributed by atoms with Crippen molar-refractivity contribution in [3.63, 3.8) is 0 Å². The number of imidazole rings is 1. The number of rotatable bonds is 6. The van der Waals surface area contributed by atoms with E-state index in [1.807, 2.05) is 41.4 Å². The maximum Gasteiger partial charge on any atom is 0.209 e. The molecule has 39 heavy (non-hydrogen) atoms. The Hall–Kier alpha value is -4.53. The summed E-state index contributed by atoms with van der Waals surface area (Å²) in [5.74, 6) is 3.13. The highest BCUT2D eigenvalue weighted by Crippen LogP contribution is 2.41. The lowest BCUT2D eigenvalue weighted by atomic mass is 9.84. The zero-order chi connectivity index (χ0) is 26.3. The third-order valence-electron chi connectivity index (χ3n) is 8.31. The second-order valence-electron chi connectivity index (χ2n) is 10.6. The number of pyridine rings is 2. The number of carbonyl (C=O) groups is 1. The molecule has 0 saturated carbocycles. The first-order valence-electron chi connectivity index (χ1n) is 13.6. The Morgan fingerprint density at radius 3 is 2.69 bits per heavy atom. The molecule has 1 aliphatic heterocycles. The van der Waals surface area contributed by atoms with Crippen molar-refractivity contribution in [2.45, 2.75) is 38.0 Å². The summed E-state index contributed by atoms with van der Waals surface area (Å²) in [4.78, 5) is 27.3. The molecule has 9 heteroatoms. The first kappa shape index (κ1) is 23.6. The molecule has 2 N–H and O–H groups in total. The van der Waals surface area contributed by atoms with Crippen molar-refractivity contribution in [1.82, 2.24) is 34.2 Å². The first-order valence-corrected chi connectivity index (χ1v) is 13.6. The number of likely N-dealkylation sites (tertiary alicyclic amines) is 1. The smallest absolute Gasteiger partial charge is 0.209 e. The molecule has 196 valence electrons. The number of aryl methyl sites for hydroxylation is 1. The highest BCUT2D eigenvalue weighted by atomic mass is 16.1. The molecule has 5 aromatic rings. The first-order chi connectivity index (χ1) is 19.2. The fourth-order valence-corrected chi connectivity index (χ4v) is 6.28. The SMILES string of the molecule is Nc1ncccc1-c1nc2ccc(-n3cccn3)nc2n1-c1ccc2c(c1)CCC2CC1CCN(C=O)CC1. The van der Waals surface area contributed by atoms with E-state index in [0.717, 1.165) is 72.8 Å². The molecule has 7 rings (SSSR count). The summed E-state index contributed by atoms with van der Waals surface area (Å²) in [6.45, 7) is 1.77. The standard InChI is InChI=1S/C30H30N8O/c31-28-25(3-1-12-32-28)29-34-26-8-9-27(37-14-2-13-33-37)35-30(26)38(29)23-6-7-24-21(4-5-22(24)18-23)17-20-10-15-36(19-39)16-11-20/h1-3,6-9,12-14,18-21H,4-5,10-11,15-17H2,(H2,31,32). The van der Waals surface area contributed by atoms with Gasteiger partial charge in [-0.2, -0.15) is 5.10 Å². The normalized spacial score (nSPS) is 17.5. The van der Waals surface area contributed by atoms with Crippen LogP contribution in [-0.4, -0.2) is 53.7 Å². The van der Waals surface area contributed by atoms with Gasteiger partial charge in [-0.15, -0.1) is 0 Å². The van der Waals surface area contributed by atoms with Crippen molar-refractivity contribution in [2.75, 3.05) is 18.8 Å². The Kier molecular flexibility index (Phi) is 5.83. The summed E-state index contributed by atoms with van der Waals surface area (Å²) in [5.41, 5.74) is 12.5. The number of piperidine rings is 1. The van der Waals surface area contributed by atoms with Crippen LogP contribution in [0.5, 0.6) is 0 Å². The molecule has 1 fully saturated rings. The average molecular weight is 519 g/mol. The quantitative estimate of drug-likeness (QED) is 0.331. The lowest BCUT2D eigenvalue weighted by molar-refractivity contribution is -0.119. The second kappa shape index (κ2) is 9.65. The average Bonchev–Trinajstić information content (AvgIpc) is 3.72. The molecule has 2 aliphatic rings. The number of hydrogen-bond donors (Lipinski definition) is 1. The van der Waals surface area contributed by atoms with Gasteiger partial charge in [-0.25, -0.2) is 19.6 Å². The molecule has 1 saturated heterocycles. The van der Waals surface area contributed by atoms with Gasteiger partial charge in [0, 0.05) is 37.4 Å². The molecule has 0 spiro atoms. The minimum atomic E-state index is 0.434. The summed E-state index contributed by atoms with van der Waals surface area (Å²) in [6.07, 6.45) is 11.9. The van der Waals surface area contributed by atoms with E-state index in [4.69, 9.17) is 15.7 Å². The number of fused-ring (bicyclic) bond motifs is 2. The number of anilines is 1. The maximum atomic E-state index is 11.1. The van der Waals surface area contributed by atoms with Crippen molar-refractivity contribution in [2.24, 2.45) is 5.92 Å². The van der Waals surface area contributed by atoms with E-state index in [-0.39, 0.29) is 0 Å². The van der Waals surface area contributed by atoms with Crippen LogP contribution in [0.25, 0.3) is 34.1 Å². The highest BCUT2D eigenvalue weighted by Gasteiger charge is 2.28. The summed E-state index contributed by atoms with van der Waals surface area (Å²) in [5, 5.41) is 4.36. The van der Waals surface area contributed by atoms with Gasteiger partial charge in [0.25, 0.3) is 0 Å². The molecule has 1 atom stereocenters. The molecular weight excluding hydrogens is 488 g/mol. The maximum absolute atomic E-state index is 11.1. The Labute approximate surface area is 226 Å². The number of nitrogen functional groups attached to an aromatic ring is 1. The van der Waals surface area contributed by atoms with Crippen molar-refractivity contribution in [1.29, 1.82) is 0 Å². The van der Waals surface area contributed by atoms with Gasteiger partial charge in [0.2, 0.25) is 6.41 Å². The van der Waals surface area contributed by atoms with Gasteiger partial charge in [-0.3, -0.25) is 9.36 Å². The van der Waals surface area contributed by atoms with Crippen LogP contribution in [0.15, 0.2) is 67.1 Å². The number of nitrogens with two attached hydrogens (primary N) is 1. The Morgan fingerprint density at radius 1 is 1.00 bits per heavy atom. The van der Waals surface area contributed by atoms with Gasteiger partial charge in [0.1, 0.15) is 11.3 Å². The van der Waals surface area contributed by atoms with Crippen LogP contribution in [0.3, 0.4) is 0 Å². The van der Waals surface area contributed by atoms with Gasteiger partial charge in [-0.05, 0) is 97.5 Å². The van der Waals surface area contributed by atoms with E-state index in [1.54, 1.807) is 17.1 Å². The third kappa shape index (κ3) is 4.24. The van der Waals surface area contributed by atoms with E-state index < -0.39 is 0 Å². The summed E-state index contributed by atoms with van der Waals surface area (Å²) in [7, 11) is 0. The molecule has 1 amide bonds.